The minimum absolute atomic E-state index is 0.320. The molecule has 4 heteroatoms. The van der Waals surface area contributed by atoms with E-state index in [9.17, 15) is 5.26 Å². The Morgan fingerprint density at radius 1 is 1.10 bits per heavy atom. The fourth-order valence-electron chi connectivity index (χ4n) is 2.31. The molecule has 4 nitrogen and oxygen atoms in total. The summed E-state index contributed by atoms with van der Waals surface area (Å²) in [5, 5.41) is 14.9. The lowest BCUT2D eigenvalue weighted by molar-refractivity contribution is 0.451. The molecule has 0 bridgehead atoms. The fourth-order valence-corrected chi connectivity index (χ4v) is 2.31. The first-order valence-electron chi connectivity index (χ1n) is 6.39. The number of nitrogens with zero attached hydrogens (tertiary/aromatic N) is 3. The van der Waals surface area contributed by atoms with Gasteiger partial charge in [-0.3, -0.25) is 4.68 Å². The molecule has 0 aliphatic heterocycles. The average molecular weight is 262 g/mol. The molecule has 0 spiro atoms. The number of fused-ring (bicyclic) bond motifs is 1. The standard InChI is InChI=1S/C16H14N4/c17-11-16(18,14-7-2-1-3-8-14)12-20-15-9-5-4-6-13(15)10-19-20/h1-10H,12,18H2. The number of hydrogen-bond donors (Lipinski definition) is 1. The molecule has 2 aromatic carbocycles. The van der Waals surface area contributed by atoms with Gasteiger partial charge in [0, 0.05) is 5.39 Å². The first-order chi connectivity index (χ1) is 9.73. The van der Waals surface area contributed by atoms with Gasteiger partial charge in [-0.2, -0.15) is 10.4 Å². The number of benzene rings is 2. The summed E-state index contributed by atoms with van der Waals surface area (Å²) in [5.41, 5.74) is 6.97. The van der Waals surface area contributed by atoms with Crippen molar-refractivity contribution in [3.8, 4) is 6.07 Å². The summed E-state index contributed by atoms with van der Waals surface area (Å²) in [6.45, 7) is 0.320. The Kier molecular flexibility index (Phi) is 2.97. The Bertz CT molecular complexity index is 770. The van der Waals surface area contributed by atoms with E-state index in [1.165, 1.54) is 0 Å². The van der Waals surface area contributed by atoms with E-state index in [2.05, 4.69) is 11.2 Å². The van der Waals surface area contributed by atoms with Crippen molar-refractivity contribution in [3.63, 3.8) is 0 Å². The molecule has 2 N–H and O–H groups in total. The molecule has 98 valence electrons. The first-order valence-corrected chi connectivity index (χ1v) is 6.39. The Labute approximate surface area is 117 Å². The lowest BCUT2D eigenvalue weighted by atomic mass is 9.92. The van der Waals surface area contributed by atoms with Crippen LogP contribution >= 0.6 is 0 Å². The normalized spacial score (nSPS) is 13.8. The Hall–Kier alpha value is -2.64. The number of nitriles is 1. The molecular weight excluding hydrogens is 248 g/mol. The Morgan fingerprint density at radius 2 is 1.80 bits per heavy atom. The largest absolute Gasteiger partial charge is 0.308 e. The van der Waals surface area contributed by atoms with Gasteiger partial charge in [-0.1, -0.05) is 48.5 Å². The summed E-state index contributed by atoms with van der Waals surface area (Å²) in [6.07, 6.45) is 1.79. The maximum atomic E-state index is 9.49. The highest BCUT2D eigenvalue weighted by molar-refractivity contribution is 5.78. The van der Waals surface area contributed by atoms with Crippen molar-refractivity contribution in [1.82, 2.24) is 9.78 Å². The lowest BCUT2D eigenvalue weighted by Crippen LogP contribution is -2.39. The van der Waals surface area contributed by atoms with Gasteiger partial charge in [0.25, 0.3) is 0 Å². The molecule has 0 amide bonds. The van der Waals surface area contributed by atoms with Crippen molar-refractivity contribution < 1.29 is 0 Å². The molecule has 0 radical (unpaired) electrons. The van der Waals surface area contributed by atoms with Crippen LogP contribution in [0, 0.1) is 11.3 Å². The minimum atomic E-state index is -1.09. The van der Waals surface area contributed by atoms with Crippen LogP contribution in [0.3, 0.4) is 0 Å². The Morgan fingerprint density at radius 3 is 2.55 bits per heavy atom. The maximum Gasteiger partial charge on any atom is 0.149 e. The van der Waals surface area contributed by atoms with Crippen LogP contribution in [0.2, 0.25) is 0 Å². The van der Waals surface area contributed by atoms with Gasteiger partial charge in [-0.25, -0.2) is 0 Å². The molecular formula is C16H14N4. The lowest BCUT2D eigenvalue weighted by Gasteiger charge is -2.22. The summed E-state index contributed by atoms with van der Waals surface area (Å²) in [7, 11) is 0. The van der Waals surface area contributed by atoms with E-state index in [0.29, 0.717) is 6.54 Å². The molecule has 0 aliphatic carbocycles. The van der Waals surface area contributed by atoms with Crippen LogP contribution in [-0.4, -0.2) is 9.78 Å². The van der Waals surface area contributed by atoms with Gasteiger partial charge in [-0.15, -0.1) is 0 Å². The molecule has 3 rings (SSSR count). The van der Waals surface area contributed by atoms with Crippen molar-refractivity contribution in [2.24, 2.45) is 5.73 Å². The van der Waals surface area contributed by atoms with Gasteiger partial charge in [0.2, 0.25) is 0 Å². The molecule has 1 atom stereocenters. The van der Waals surface area contributed by atoms with Crippen LogP contribution in [0.25, 0.3) is 10.9 Å². The summed E-state index contributed by atoms with van der Waals surface area (Å²) in [6, 6.07) is 19.5. The van der Waals surface area contributed by atoms with E-state index < -0.39 is 5.54 Å². The summed E-state index contributed by atoms with van der Waals surface area (Å²) < 4.78 is 1.78. The molecule has 0 aliphatic rings. The number of para-hydroxylation sites is 1. The average Bonchev–Trinajstić information content (AvgIpc) is 2.91. The van der Waals surface area contributed by atoms with Crippen molar-refractivity contribution in [1.29, 1.82) is 5.26 Å². The zero-order valence-electron chi connectivity index (χ0n) is 10.9. The van der Waals surface area contributed by atoms with Gasteiger partial charge >= 0.3 is 0 Å². The number of nitrogens with two attached hydrogens (primary N) is 1. The maximum absolute atomic E-state index is 9.49. The van der Waals surface area contributed by atoms with Gasteiger partial charge in [-0.05, 0) is 11.6 Å². The molecule has 3 aromatic rings. The number of aromatic nitrogens is 2. The van der Waals surface area contributed by atoms with Crippen LogP contribution in [0.1, 0.15) is 5.56 Å². The molecule has 20 heavy (non-hydrogen) atoms. The van der Waals surface area contributed by atoms with Gasteiger partial charge < -0.3 is 5.73 Å². The topological polar surface area (TPSA) is 67.6 Å². The van der Waals surface area contributed by atoms with E-state index in [-0.39, 0.29) is 0 Å². The second kappa shape index (κ2) is 4.80. The predicted octanol–water partition coefficient (Wildman–Crippen LogP) is 2.41. The first kappa shape index (κ1) is 12.4. The third kappa shape index (κ3) is 2.04. The van der Waals surface area contributed by atoms with E-state index in [4.69, 9.17) is 5.73 Å². The van der Waals surface area contributed by atoms with Crippen molar-refractivity contribution in [3.05, 3.63) is 66.4 Å². The third-order valence-corrected chi connectivity index (χ3v) is 3.44. The highest BCUT2D eigenvalue weighted by atomic mass is 15.3. The van der Waals surface area contributed by atoms with E-state index >= 15 is 0 Å². The van der Waals surface area contributed by atoms with Crippen LogP contribution in [-0.2, 0) is 12.1 Å². The van der Waals surface area contributed by atoms with Crippen molar-refractivity contribution in [2.75, 3.05) is 0 Å². The molecule has 1 heterocycles. The van der Waals surface area contributed by atoms with Gasteiger partial charge in [0.1, 0.15) is 5.54 Å². The van der Waals surface area contributed by atoms with E-state index in [1.807, 2.05) is 54.6 Å². The molecule has 1 aromatic heterocycles. The van der Waals surface area contributed by atoms with Crippen LogP contribution in [0.5, 0.6) is 0 Å². The van der Waals surface area contributed by atoms with Crippen LogP contribution in [0.15, 0.2) is 60.8 Å². The van der Waals surface area contributed by atoms with Gasteiger partial charge in [0.15, 0.2) is 0 Å². The van der Waals surface area contributed by atoms with E-state index in [0.717, 1.165) is 16.5 Å². The molecule has 1 unspecified atom stereocenters. The van der Waals surface area contributed by atoms with Crippen LogP contribution < -0.4 is 5.73 Å². The van der Waals surface area contributed by atoms with E-state index in [1.54, 1.807) is 10.9 Å². The summed E-state index contributed by atoms with van der Waals surface area (Å²) in [4.78, 5) is 0. The summed E-state index contributed by atoms with van der Waals surface area (Å²) >= 11 is 0. The monoisotopic (exact) mass is 262 g/mol. The highest BCUT2D eigenvalue weighted by Gasteiger charge is 2.28. The predicted molar refractivity (Wildman–Crippen MR) is 77.7 cm³/mol. The Balaban J connectivity index is 2.02. The number of hydrogen-bond acceptors (Lipinski definition) is 3. The molecule has 0 fully saturated rings. The van der Waals surface area contributed by atoms with Crippen molar-refractivity contribution >= 4 is 10.9 Å². The SMILES string of the molecule is N#CC(N)(Cn1ncc2ccccc21)c1ccccc1. The highest BCUT2D eigenvalue weighted by Crippen LogP contribution is 2.22. The summed E-state index contributed by atoms with van der Waals surface area (Å²) in [5.74, 6) is 0. The quantitative estimate of drug-likeness (QED) is 0.788. The fraction of sp³-hybridized carbons (Fsp3) is 0.125. The smallest absolute Gasteiger partial charge is 0.149 e. The zero-order chi connectivity index (χ0) is 14.0. The molecule has 0 saturated heterocycles. The molecule has 0 saturated carbocycles. The third-order valence-electron chi connectivity index (χ3n) is 3.44. The second-order valence-electron chi connectivity index (χ2n) is 4.81. The van der Waals surface area contributed by atoms with Crippen LogP contribution in [0.4, 0.5) is 0 Å². The minimum Gasteiger partial charge on any atom is -0.308 e. The second-order valence-corrected chi connectivity index (χ2v) is 4.81. The number of rotatable bonds is 3. The van der Waals surface area contributed by atoms with Gasteiger partial charge in [0.05, 0.1) is 24.3 Å². The zero-order valence-corrected chi connectivity index (χ0v) is 10.9. The van der Waals surface area contributed by atoms with Crippen molar-refractivity contribution in [2.45, 2.75) is 12.1 Å².